The molecule has 0 aliphatic carbocycles. The molecule has 2 aliphatic rings. The molecule has 24 heavy (non-hydrogen) atoms. The van der Waals surface area contributed by atoms with Crippen molar-refractivity contribution >= 4 is 21.6 Å². The van der Waals surface area contributed by atoms with E-state index in [-0.39, 0.29) is 23.9 Å². The summed E-state index contributed by atoms with van der Waals surface area (Å²) in [5.74, 6) is 0.245. The van der Waals surface area contributed by atoms with Crippen molar-refractivity contribution in [1.82, 2.24) is 4.72 Å². The summed E-state index contributed by atoms with van der Waals surface area (Å²) >= 11 is 6.09. The first-order valence-electron chi connectivity index (χ1n) is 7.70. The van der Waals surface area contributed by atoms with Crippen LogP contribution in [0.25, 0.3) is 0 Å². The Kier molecular flexibility index (Phi) is 5.06. The van der Waals surface area contributed by atoms with Gasteiger partial charge in [0.2, 0.25) is 10.0 Å². The van der Waals surface area contributed by atoms with Crippen LogP contribution in [0.2, 0.25) is 5.02 Å². The summed E-state index contributed by atoms with van der Waals surface area (Å²) in [7, 11) is -3.89. The van der Waals surface area contributed by atoms with Gasteiger partial charge in [0.25, 0.3) is 0 Å². The minimum Gasteiger partial charge on any atom is -0.492 e. The first-order valence-corrected chi connectivity index (χ1v) is 9.56. The van der Waals surface area contributed by atoms with Gasteiger partial charge in [-0.25, -0.2) is 13.1 Å². The van der Waals surface area contributed by atoms with Crippen LogP contribution in [-0.4, -0.2) is 57.7 Å². The van der Waals surface area contributed by atoms with Crippen molar-refractivity contribution in [2.45, 2.75) is 43.1 Å². The third-order valence-corrected chi connectivity index (χ3v) is 6.07. The maximum atomic E-state index is 12.8. The van der Waals surface area contributed by atoms with Gasteiger partial charge in [0.1, 0.15) is 29.0 Å². The molecule has 0 amide bonds. The Balaban J connectivity index is 1.87. The highest BCUT2D eigenvalue weighted by atomic mass is 35.5. The number of rotatable bonds is 5. The summed E-state index contributed by atoms with van der Waals surface area (Å²) < 4.78 is 44.5. The zero-order chi connectivity index (χ0) is 17.5. The average Bonchev–Trinajstić information content (AvgIpc) is 3.07. The minimum atomic E-state index is -3.89. The predicted molar refractivity (Wildman–Crippen MR) is 87.0 cm³/mol. The van der Waals surface area contributed by atoms with Crippen molar-refractivity contribution in [1.29, 1.82) is 0 Å². The van der Waals surface area contributed by atoms with E-state index < -0.39 is 34.4 Å². The number of aliphatic hydroxyl groups is 1. The number of aliphatic hydroxyl groups excluding tert-OH is 1. The lowest BCUT2D eigenvalue weighted by atomic mass is 10.1. The molecule has 2 N–H and O–H groups in total. The molecule has 0 radical (unpaired) electrons. The van der Waals surface area contributed by atoms with Gasteiger partial charge in [-0.1, -0.05) is 11.6 Å². The van der Waals surface area contributed by atoms with Gasteiger partial charge in [-0.2, -0.15) is 0 Å². The largest absolute Gasteiger partial charge is 0.492 e. The van der Waals surface area contributed by atoms with Crippen LogP contribution in [0.5, 0.6) is 5.75 Å². The molecule has 4 atom stereocenters. The van der Waals surface area contributed by atoms with E-state index in [9.17, 15) is 13.5 Å². The minimum absolute atomic E-state index is 0.0260. The second-order valence-corrected chi connectivity index (χ2v) is 7.96. The molecule has 134 valence electrons. The highest BCUT2D eigenvalue weighted by Crippen LogP contribution is 2.32. The lowest BCUT2D eigenvalue weighted by molar-refractivity contribution is 0.0181. The van der Waals surface area contributed by atoms with Gasteiger partial charge in [-0.3, -0.25) is 0 Å². The average molecular weight is 378 g/mol. The lowest BCUT2D eigenvalue weighted by Gasteiger charge is -2.19. The van der Waals surface area contributed by atoms with Gasteiger partial charge < -0.3 is 19.3 Å². The SMILES string of the molecule is CCOc1cc(C)c(Cl)cc1S(=O)(=O)N[C@@H]1CO[C@H]2[C@@H]1OC[C@H]2O. The third kappa shape index (κ3) is 3.26. The first-order chi connectivity index (χ1) is 11.3. The highest BCUT2D eigenvalue weighted by molar-refractivity contribution is 7.89. The van der Waals surface area contributed by atoms with Gasteiger partial charge in [0, 0.05) is 5.02 Å². The molecule has 2 aliphatic heterocycles. The standard InChI is InChI=1S/C15H20ClNO6S/c1-3-21-12-4-8(2)9(16)5-13(12)24(19,20)17-10-6-22-15-11(18)7-23-14(10)15/h4-5,10-11,14-15,17-18H,3,6-7H2,1-2H3/t10-,11-,14-,15-/m1/s1. The Hall–Kier alpha value is -0.900. The molecule has 2 saturated heterocycles. The molecule has 2 heterocycles. The molecule has 3 rings (SSSR count). The Morgan fingerprint density at radius 2 is 2.04 bits per heavy atom. The molecule has 2 fully saturated rings. The number of hydrogen-bond donors (Lipinski definition) is 2. The van der Waals surface area contributed by atoms with Gasteiger partial charge in [0.15, 0.2) is 0 Å². The fourth-order valence-corrected chi connectivity index (χ4v) is 4.57. The van der Waals surface area contributed by atoms with E-state index in [1.165, 1.54) is 6.07 Å². The molecule has 0 spiro atoms. The zero-order valence-electron chi connectivity index (χ0n) is 13.4. The van der Waals surface area contributed by atoms with Crippen molar-refractivity contribution in [3.63, 3.8) is 0 Å². The van der Waals surface area contributed by atoms with E-state index in [0.29, 0.717) is 11.6 Å². The second kappa shape index (κ2) is 6.78. The fourth-order valence-electron chi connectivity index (χ4n) is 2.96. The number of nitrogens with one attached hydrogen (secondary N) is 1. The van der Waals surface area contributed by atoms with E-state index in [2.05, 4.69) is 4.72 Å². The summed E-state index contributed by atoms with van der Waals surface area (Å²) in [5, 5.41) is 10.1. The number of aryl methyl sites for hydroxylation is 1. The summed E-state index contributed by atoms with van der Waals surface area (Å²) in [5.41, 5.74) is 0.727. The molecule has 1 aromatic rings. The van der Waals surface area contributed by atoms with Gasteiger partial charge in [-0.05, 0) is 31.5 Å². The fraction of sp³-hybridized carbons (Fsp3) is 0.600. The monoisotopic (exact) mass is 377 g/mol. The molecule has 0 unspecified atom stereocenters. The Labute approximate surface area is 145 Å². The summed E-state index contributed by atoms with van der Waals surface area (Å²) in [4.78, 5) is -0.0260. The summed E-state index contributed by atoms with van der Waals surface area (Å²) in [6.45, 7) is 4.15. The van der Waals surface area contributed by atoms with Crippen molar-refractivity contribution < 1.29 is 27.7 Å². The van der Waals surface area contributed by atoms with E-state index >= 15 is 0 Å². The topological polar surface area (TPSA) is 94.1 Å². The highest BCUT2D eigenvalue weighted by Gasteiger charge is 2.48. The maximum absolute atomic E-state index is 12.8. The number of fused-ring (bicyclic) bond motifs is 1. The van der Waals surface area contributed by atoms with Gasteiger partial charge >= 0.3 is 0 Å². The molecule has 0 saturated carbocycles. The number of benzene rings is 1. The van der Waals surface area contributed by atoms with Crippen molar-refractivity contribution in [2.24, 2.45) is 0 Å². The van der Waals surface area contributed by atoms with Gasteiger partial charge in [-0.15, -0.1) is 0 Å². The molecule has 9 heteroatoms. The summed E-state index contributed by atoms with van der Waals surface area (Å²) in [6, 6.07) is 2.40. The molecule has 1 aromatic carbocycles. The first kappa shape index (κ1) is 17.9. The van der Waals surface area contributed by atoms with Crippen LogP contribution in [0.15, 0.2) is 17.0 Å². The van der Waals surface area contributed by atoms with Crippen LogP contribution in [0, 0.1) is 6.92 Å². The van der Waals surface area contributed by atoms with Crippen LogP contribution in [0.1, 0.15) is 12.5 Å². The zero-order valence-corrected chi connectivity index (χ0v) is 14.9. The number of hydrogen-bond acceptors (Lipinski definition) is 6. The predicted octanol–water partition coefficient (Wildman–Crippen LogP) is 0.853. The number of ether oxygens (including phenoxy) is 3. The van der Waals surface area contributed by atoms with Crippen molar-refractivity contribution in [3.05, 3.63) is 22.7 Å². The normalized spacial score (nSPS) is 29.7. The maximum Gasteiger partial charge on any atom is 0.244 e. The number of sulfonamides is 1. The smallest absolute Gasteiger partial charge is 0.244 e. The van der Waals surface area contributed by atoms with E-state index in [1.54, 1.807) is 19.9 Å². The lowest BCUT2D eigenvalue weighted by Crippen LogP contribution is -2.44. The quantitative estimate of drug-likeness (QED) is 0.790. The van der Waals surface area contributed by atoms with E-state index in [0.717, 1.165) is 5.56 Å². The third-order valence-electron chi connectivity index (χ3n) is 4.15. The van der Waals surface area contributed by atoms with Gasteiger partial charge in [0.05, 0.1) is 25.9 Å². The Bertz CT molecular complexity index is 725. The molecular weight excluding hydrogens is 358 g/mol. The second-order valence-electron chi connectivity index (χ2n) is 5.87. The van der Waals surface area contributed by atoms with Crippen LogP contribution in [-0.2, 0) is 19.5 Å². The summed E-state index contributed by atoms with van der Waals surface area (Å²) in [6.07, 6.45) is -1.76. The molecule has 0 aromatic heterocycles. The molecular formula is C15H20ClNO6S. The molecule has 0 bridgehead atoms. The molecule has 7 nitrogen and oxygen atoms in total. The Morgan fingerprint density at radius 3 is 2.75 bits per heavy atom. The van der Waals surface area contributed by atoms with Crippen molar-refractivity contribution in [3.8, 4) is 5.75 Å². The Morgan fingerprint density at radius 1 is 1.33 bits per heavy atom. The van der Waals surface area contributed by atoms with E-state index in [1.807, 2.05) is 0 Å². The van der Waals surface area contributed by atoms with Crippen LogP contribution < -0.4 is 9.46 Å². The van der Waals surface area contributed by atoms with Crippen molar-refractivity contribution in [2.75, 3.05) is 19.8 Å². The van der Waals surface area contributed by atoms with Crippen LogP contribution in [0.3, 0.4) is 0 Å². The number of halogens is 1. The van der Waals surface area contributed by atoms with E-state index in [4.69, 9.17) is 25.8 Å². The van der Waals surface area contributed by atoms with Crippen LogP contribution in [0.4, 0.5) is 0 Å². The van der Waals surface area contributed by atoms with Crippen LogP contribution >= 0.6 is 11.6 Å².